The molecule has 0 saturated carbocycles. The van der Waals surface area contributed by atoms with Crippen molar-refractivity contribution in [2.24, 2.45) is 0 Å². The largest absolute Gasteiger partial charge is 0.497 e. The third kappa shape index (κ3) is 3.27. The van der Waals surface area contributed by atoms with Crippen molar-refractivity contribution in [3.63, 3.8) is 0 Å². The summed E-state index contributed by atoms with van der Waals surface area (Å²) in [5.41, 5.74) is 4.81. The van der Waals surface area contributed by atoms with Crippen molar-refractivity contribution >= 4 is 11.6 Å². The topological polar surface area (TPSA) is 84.3 Å². The van der Waals surface area contributed by atoms with Crippen LogP contribution in [-0.2, 0) is 6.54 Å². The highest BCUT2D eigenvalue weighted by molar-refractivity contribution is 5.94. The summed E-state index contributed by atoms with van der Waals surface area (Å²) in [4.78, 5) is 17.3. The summed E-state index contributed by atoms with van der Waals surface area (Å²) < 4.78 is 7.04. The molecule has 0 bridgehead atoms. The lowest BCUT2D eigenvalue weighted by atomic mass is 10.1. The molecule has 1 amide bonds. The van der Waals surface area contributed by atoms with Gasteiger partial charge in [0.25, 0.3) is 5.91 Å². The quantitative estimate of drug-likeness (QED) is 0.572. The van der Waals surface area contributed by atoms with Gasteiger partial charge in [0.15, 0.2) is 0 Å². The van der Waals surface area contributed by atoms with E-state index in [4.69, 9.17) is 4.74 Å². The zero-order valence-electron chi connectivity index (χ0n) is 15.1. The van der Waals surface area contributed by atoms with Gasteiger partial charge in [0.1, 0.15) is 17.1 Å². The summed E-state index contributed by atoms with van der Waals surface area (Å²) in [5, 5.41) is 9.75. The number of hydrogen-bond acceptors (Lipinski definition) is 4. The second-order valence-electron chi connectivity index (χ2n) is 6.21. The molecule has 0 atom stereocenters. The van der Waals surface area contributed by atoms with E-state index in [-0.39, 0.29) is 5.91 Å². The summed E-state index contributed by atoms with van der Waals surface area (Å²) in [6.07, 6.45) is 5.46. The Bertz CT molecular complexity index is 1100. The van der Waals surface area contributed by atoms with Gasteiger partial charge < -0.3 is 10.1 Å². The van der Waals surface area contributed by atoms with Crippen LogP contribution in [0, 0.1) is 6.92 Å². The van der Waals surface area contributed by atoms with Crippen molar-refractivity contribution in [3.05, 3.63) is 71.9 Å². The summed E-state index contributed by atoms with van der Waals surface area (Å²) in [7, 11) is 1.62. The van der Waals surface area contributed by atoms with Gasteiger partial charge in [-0.1, -0.05) is 12.1 Å². The Hall–Kier alpha value is -3.61. The van der Waals surface area contributed by atoms with Crippen LogP contribution < -0.4 is 10.1 Å². The monoisotopic (exact) mass is 361 g/mol. The van der Waals surface area contributed by atoms with Crippen molar-refractivity contribution < 1.29 is 9.53 Å². The molecule has 0 saturated heterocycles. The Morgan fingerprint density at radius 3 is 2.93 bits per heavy atom. The zero-order chi connectivity index (χ0) is 18.8. The van der Waals surface area contributed by atoms with Gasteiger partial charge in [-0.3, -0.25) is 14.3 Å². The number of carbonyl (C=O) groups is 1. The van der Waals surface area contributed by atoms with Crippen molar-refractivity contribution in [2.75, 3.05) is 7.11 Å². The van der Waals surface area contributed by atoms with Crippen molar-refractivity contribution in [1.29, 1.82) is 0 Å². The fourth-order valence-electron chi connectivity index (χ4n) is 3.06. The van der Waals surface area contributed by atoms with Crippen LogP contribution in [0.5, 0.6) is 5.75 Å². The molecule has 4 aromatic rings. The van der Waals surface area contributed by atoms with Gasteiger partial charge in [0, 0.05) is 30.1 Å². The molecule has 0 fully saturated rings. The maximum Gasteiger partial charge on any atom is 0.270 e. The molecule has 0 radical (unpaired) electrons. The third-order valence-electron chi connectivity index (χ3n) is 4.43. The van der Waals surface area contributed by atoms with Gasteiger partial charge in [-0.15, -0.1) is 0 Å². The van der Waals surface area contributed by atoms with E-state index in [1.807, 2.05) is 60.1 Å². The molecule has 27 heavy (non-hydrogen) atoms. The minimum atomic E-state index is -0.174. The van der Waals surface area contributed by atoms with Crippen molar-refractivity contribution in [2.45, 2.75) is 13.5 Å². The molecule has 0 aliphatic heterocycles. The fourth-order valence-corrected chi connectivity index (χ4v) is 3.06. The van der Waals surface area contributed by atoms with Gasteiger partial charge in [-0.25, -0.2) is 4.98 Å². The summed E-state index contributed by atoms with van der Waals surface area (Å²) in [5.74, 6) is 0.588. The number of ether oxygens (including phenoxy) is 1. The molecule has 136 valence electrons. The summed E-state index contributed by atoms with van der Waals surface area (Å²) in [6, 6.07) is 11.5. The molecule has 0 aliphatic carbocycles. The van der Waals surface area contributed by atoms with E-state index in [1.54, 1.807) is 13.3 Å². The second-order valence-corrected chi connectivity index (χ2v) is 6.21. The smallest absolute Gasteiger partial charge is 0.270 e. The van der Waals surface area contributed by atoms with E-state index in [0.717, 1.165) is 28.1 Å². The van der Waals surface area contributed by atoms with Crippen LogP contribution in [0.15, 0.2) is 55.0 Å². The number of carbonyl (C=O) groups excluding carboxylic acids is 1. The molecule has 1 aromatic carbocycles. The third-order valence-corrected chi connectivity index (χ3v) is 4.43. The first kappa shape index (κ1) is 16.8. The predicted octanol–water partition coefficient (Wildman–Crippen LogP) is 2.97. The van der Waals surface area contributed by atoms with E-state index in [9.17, 15) is 4.79 Å². The van der Waals surface area contributed by atoms with Gasteiger partial charge in [0.2, 0.25) is 0 Å². The predicted molar refractivity (Wildman–Crippen MR) is 102 cm³/mol. The molecule has 4 rings (SSSR count). The number of pyridine rings is 1. The van der Waals surface area contributed by atoms with Crippen molar-refractivity contribution in [3.8, 4) is 16.9 Å². The molecule has 0 unspecified atom stereocenters. The number of hydrogen-bond donors (Lipinski definition) is 2. The molecular weight excluding hydrogens is 342 g/mol. The zero-order valence-corrected chi connectivity index (χ0v) is 15.1. The number of benzene rings is 1. The molecule has 0 spiro atoms. The first-order valence-electron chi connectivity index (χ1n) is 8.54. The van der Waals surface area contributed by atoms with Gasteiger partial charge >= 0.3 is 0 Å². The molecule has 2 N–H and O–H groups in total. The SMILES string of the molecule is COc1cccc(CNC(=O)c2c(C)nc3ccc(-c4cn[nH]c4)cn23)c1. The Labute approximate surface area is 156 Å². The first-order chi connectivity index (χ1) is 13.2. The van der Waals surface area contributed by atoms with Crippen LogP contribution in [0.3, 0.4) is 0 Å². The molecular formula is C20H19N5O2. The lowest BCUT2D eigenvalue weighted by molar-refractivity contribution is 0.0944. The number of nitrogens with one attached hydrogen (secondary N) is 2. The Morgan fingerprint density at radius 2 is 2.15 bits per heavy atom. The van der Waals surface area contributed by atoms with Crippen molar-refractivity contribution in [1.82, 2.24) is 24.9 Å². The van der Waals surface area contributed by atoms with E-state index < -0.39 is 0 Å². The maximum absolute atomic E-state index is 12.8. The summed E-state index contributed by atoms with van der Waals surface area (Å²) in [6.45, 7) is 2.25. The number of H-pyrrole nitrogens is 1. The molecule has 3 heterocycles. The minimum absolute atomic E-state index is 0.174. The lowest BCUT2D eigenvalue weighted by Crippen LogP contribution is -2.25. The number of fused-ring (bicyclic) bond motifs is 1. The number of amides is 1. The molecule has 7 heteroatoms. The molecule has 7 nitrogen and oxygen atoms in total. The number of aryl methyl sites for hydroxylation is 1. The van der Waals surface area contributed by atoms with Crippen LogP contribution in [0.25, 0.3) is 16.8 Å². The van der Waals surface area contributed by atoms with Crippen LogP contribution in [0.2, 0.25) is 0 Å². The molecule has 0 aliphatic rings. The number of rotatable bonds is 5. The van der Waals surface area contributed by atoms with Crippen LogP contribution in [-0.4, -0.2) is 32.6 Å². The maximum atomic E-state index is 12.8. The highest BCUT2D eigenvalue weighted by Gasteiger charge is 2.17. The number of aromatic amines is 1. The van der Waals surface area contributed by atoms with Gasteiger partial charge in [0.05, 0.1) is 19.0 Å². The van der Waals surface area contributed by atoms with E-state index in [0.29, 0.717) is 17.9 Å². The lowest BCUT2D eigenvalue weighted by Gasteiger charge is -2.08. The number of methoxy groups -OCH3 is 1. The second kappa shape index (κ2) is 6.95. The average Bonchev–Trinajstić information content (AvgIpc) is 3.33. The summed E-state index contributed by atoms with van der Waals surface area (Å²) >= 11 is 0. The number of nitrogens with zero attached hydrogens (tertiary/aromatic N) is 3. The normalized spacial score (nSPS) is 10.9. The van der Waals surface area contributed by atoms with Gasteiger partial charge in [-0.05, 0) is 36.8 Å². The Morgan fingerprint density at radius 1 is 1.26 bits per heavy atom. The standard InChI is InChI=1S/C20H19N5O2/c1-13-19(20(26)21-9-14-4-3-5-17(8-14)27-2)25-12-15(6-7-18(25)24-13)16-10-22-23-11-16/h3-8,10-12H,9H2,1-2H3,(H,21,26)(H,22,23). The highest BCUT2D eigenvalue weighted by Crippen LogP contribution is 2.21. The van der Waals surface area contributed by atoms with E-state index >= 15 is 0 Å². The number of imidazole rings is 1. The van der Waals surface area contributed by atoms with Crippen LogP contribution >= 0.6 is 0 Å². The van der Waals surface area contributed by atoms with Crippen LogP contribution in [0.1, 0.15) is 21.7 Å². The Kier molecular flexibility index (Phi) is 4.33. The Balaban J connectivity index is 1.62. The van der Waals surface area contributed by atoms with E-state index in [1.165, 1.54) is 0 Å². The highest BCUT2D eigenvalue weighted by atomic mass is 16.5. The minimum Gasteiger partial charge on any atom is -0.497 e. The average molecular weight is 361 g/mol. The fraction of sp³-hybridized carbons (Fsp3) is 0.150. The van der Waals surface area contributed by atoms with E-state index in [2.05, 4.69) is 20.5 Å². The first-order valence-corrected chi connectivity index (χ1v) is 8.54. The van der Waals surface area contributed by atoms with Gasteiger partial charge in [-0.2, -0.15) is 5.10 Å². The van der Waals surface area contributed by atoms with Crippen LogP contribution in [0.4, 0.5) is 0 Å². The number of aromatic nitrogens is 4. The molecule has 3 aromatic heterocycles.